The Hall–Kier alpha value is 0.310. The number of rotatable bonds is 6. The number of hydrogen-bond acceptors (Lipinski definition) is 2. The van der Waals surface area contributed by atoms with Gasteiger partial charge in [0.15, 0.2) is 0 Å². The first-order valence-electron chi connectivity index (χ1n) is 4.23. The Labute approximate surface area is 69.3 Å². The SMILES string of the molecule is CCCSN(CC)CCC. The van der Waals surface area contributed by atoms with Crippen LogP contribution in [0.15, 0.2) is 0 Å². The van der Waals surface area contributed by atoms with E-state index in [1.807, 2.05) is 11.9 Å². The molecule has 0 atom stereocenters. The summed E-state index contributed by atoms with van der Waals surface area (Å²) in [7, 11) is 0. The van der Waals surface area contributed by atoms with E-state index in [0.717, 1.165) is 0 Å². The van der Waals surface area contributed by atoms with Crippen molar-refractivity contribution in [3.63, 3.8) is 0 Å². The lowest BCUT2D eigenvalue weighted by molar-refractivity contribution is 0.493. The van der Waals surface area contributed by atoms with Crippen LogP contribution in [-0.2, 0) is 0 Å². The minimum absolute atomic E-state index is 1.18. The summed E-state index contributed by atoms with van der Waals surface area (Å²) < 4.78 is 2.43. The summed E-state index contributed by atoms with van der Waals surface area (Å²) in [6.07, 6.45) is 2.55. The van der Waals surface area contributed by atoms with Crippen molar-refractivity contribution in [1.29, 1.82) is 0 Å². The molecule has 0 aliphatic carbocycles. The van der Waals surface area contributed by atoms with Crippen LogP contribution in [0.3, 0.4) is 0 Å². The van der Waals surface area contributed by atoms with Gasteiger partial charge in [-0.15, -0.1) is 0 Å². The Bertz CT molecular complexity index is 66.3. The third-order valence-corrected chi connectivity index (χ3v) is 2.70. The highest BCUT2D eigenvalue weighted by Crippen LogP contribution is 2.10. The van der Waals surface area contributed by atoms with Crippen molar-refractivity contribution in [3.05, 3.63) is 0 Å². The molecule has 0 aromatic carbocycles. The second kappa shape index (κ2) is 7.42. The predicted octanol–water partition coefficient (Wildman–Crippen LogP) is 2.78. The van der Waals surface area contributed by atoms with Crippen LogP contribution in [-0.4, -0.2) is 23.1 Å². The summed E-state index contributed by atoms with van der Waals surface area (Å²) in [5.41, 5.74) is 0. The fourth-order valence-corrected chi connectivity index (χ4v) is 1.72. The van der Waals surface area contributed by atoms with Crippen molar-refractivity contribution in [3.8, 4) is 0 Å². The third kappa shape index (κ3) is 5.12. The maximum absolute atomic E-state index is 2.43. The van der Waals surface area contributed by atoms with E-state index in [9.17, 15) is 0 Å². The van der Waals surface area contributed by atoms with E-state index in [1.165, 1.54) is 31.7 Å². The molecule has 0 aliphatic rings. The van der Waals surface area contributed by atoms with Crippen molar-refractivity contribution in [1.82, 2.24) is 4.31 Å². The normalized spacial score (nSPS) is 10.8. The van der Waals surface area contributed by atoms with Crippen LogP contribution >= 0.6 is 11.9 Å². The summed E-state index contributed by atoms with van der Waals surface area (Å²) in [6, 6.07) is 0. The van der Waals surface area contributed by atoms with Crippen molar-refractivity contribution >= 4 is 11.9 Å². The molecule has 0 aromatic heterocycles. The van der Waals surface area contributed by atoms with Crippen LogP contribution in [0, 0.1) is 0 Å². The van der Waals surface area contributed by atoms with Crippen LogP contribution in [0.4, 0.5) is 0 Å². The Morgan fingerprint density at radius 1 is 1.10 bits per heavy atom. The van der Waals surface area contributed by atoms with Gasteiger partial charge < -0.3 is 0 Å². The monoisotopic (exact) mass is 161 g/mol. The smallest absolute Gasteiger partial charge is 0.00865 e. The van der Waals surface area contributed by atoms with E-state index in [-0.39, 0.29) is 0 Å². The van der Waals surface area contributed by atoms with Crippen molar-refractivity contribution < 1.29 is 0 Å². The van der Waals surface area contributed by atoms with Crippen molar-refractivity contribution in [2.24, 2.45) is 0 Å². The summed E-state index contributed by atoms with van der Waals surface area (Å²) in [5.74, 6) is 1.27. The van der Waals surface area contributed by atoms with Gasteiger partial charge >= 0.3 is 0 Å². The average molecular weight is 161 g/mol. The molecule has 0 saturated heterocycles. The quantitative estimate of drug-likeness (QED) is 0.551. The van der Waals surface area contributed by atoms with E-state index in [2.05, 4.69) is 25.1 Å². The first-order valence-corrected chi connectivity index (χ1v) is 5.17. The zero-order valence-corrected chi connectivity index (χ0v) is 8.21. The van der Waals surface area contributed by atoms with E-state index in [0.29, 0.717) is 0 Å². The molecule has 0 saturated carbocycles. The molecule has 1 nitrogen and oxygen atoms in total. The summed E-state index contributed by atoms with van der Waals surface area (Å²) >= 11 is 1.98. The lowest BCUT2D eigenvalue weighted by Crippen LogP contribution is -2.16. The van der Waals surface area contributed by atoms with Gasteiger partial charge in [0.2, 0.25) is 0 Å². The highest BCUT2D eigenvalue weighted by molar-refractivity contribution is 7.97. The molecule has 0 radical (unpaired) electrons. The molecule has 62 valence electrons. The standard InChI is InChI=1S/C8H19NS/c1-4-7-9(6-3)10-8-5-2/h4-8H2,1-3H3. The molecule has 2 heteroatoms. The topological polar surface area (TPSA) is 3.24 Å². The molecule has 0 aliphatic heterocycles. The van der Waals surface area contributed by atoms with E-state index in [1.54, 1.807) is 0 Å². The Balaban J connectivity index is 3.21. The van der Waals surface area contributed by atoms with Crippen LogP contribution in [0.25, 0.3) is 0 Å². The van der Waals surface area contributed by atoms with E-state index in [4.69, 9.17) is 0 Å². The van der Waals surface area contributed by atoms with Gasteiger partial charge in [0, 0.05) is 18.8 Å². The van der Waals surface area contributed by atoms with E-state index < -0.39 is 0 Å². The highest BCUT2D eigenvalue weighted by Gasteiger charge is 1.98. The fourth-order valence-electron chi connectivity index (χ4n) is 0.784. The maximum atomic E-state index is 2.43. The molecule has 0 amide bonds. The lowest BCUT2D eigenvalue weighted by atomic mass is 10.5. The Morgan fingerprint density at radius 2 is 1.80 bits per heavy atom. The maximum Gasteiger partial charge on any atom is 0.00865 e. The van der Waals surface area contributed by atoms with Crippen LogP contribution < -0.4 is 0 Å². The first-order chi connectivity index (χ1) is 4.85. The summed E-state index contributed by atoms with van der Waals surface area (Å²) in [5, 5.41) is 0. The molecular weight excluding hydrogens is 142 g/mol. The van der Waals surface area contributed by atoms with Gasteiger partial charge in [-0.1, -0.05) is 32.7 Å². The minimum atomic E-state index is 1.18. The molecule has 0 aromatic rings. The van der Waals surface area contributed by atoms with Crippen LogP contribution in [0.5, 0.6) is 0 Å². The van der Waals surface area contributed by atoms with Gasteiger partial charge in [0.05, 0.1) is 0 Å². The fraction of sp³-hybridized carbons (Fsp3) is 1.00. The summed E-state index contributed by atoms with van der Waals surface area (Å²) in [4.78, 5) is 0. The van der Waals surface area contributed by atoms with Gasteiger partial charge in [-0.2, -0.15) is 0 Å². The van der Waals surface area contributed by atoms with Crippen LogP contribution in [0.2, 0.25) is 0 Å². The Morgan fingerprint density at radius 3 is 2.20 bits per heavy atom. The Kier molecular flexibility index (Phi) is 7.65. The molecule has 0 heterocycles. The van der Waals surface area contributed by atoms with Gasteiger partial charge in [0.25, 0.3) is 0 Å². The summed E-state index contributed by atoms with van der Waals surface area (Å²) in [6.45, 7) is 9.10. The third-order valence-electron chi connectivity index (χ3n) is 1.30. The van der Waals surface area contributed by atoms with Crippen molar-refractivity contribution in [2.75, 3.05) is 18.8 Å². The molecular formula is C8H19NS. The highest BCUT2D eigenvalue weighted by atomic mass is 32.2. The molecule has 0 rings (SSSR count). The van der Waals surface area contributed by atoms with Gasteiger partial charge in [-0.3, -0.25) is 4.31 Å². The van der Waals surface area contributed by atoms with Crippen molar-refractivity contribution in [2.45, 2.75) is 33.6 Å². The minimum Gasteiger partial charge on any atom is -0.251 e. The average Bonchev–Trinajstić information content (AvgIpc) is 1.98. The zero-order valence-electron chi connectivity index (χ0n) is 7.39. The molecule has 0 N–H and O–H groups in total. The van der Waals surface area contributed by atoms with E-state index >= 15 is 0 Å². The number of hydrogen-bond donors (Lipinski definition) is 0. The second-order valence-electron chi connectivity index (χ2n) is 2.35. The second-order valence-corrected chi connectivity index (χ2v) is 3.54. The lowest BCUT2D eigenvalue weighted by Gasteiger charge is -2.17. The number of nitrogens with zero attached hydrogens (tertiary/aromatic N) is 1. The molecule has 0 fully saturated rings. The van der Waals surface area contributed by atoms with Gasteiger partial charge in [-0.25, -0.2) is 0 Å². The molecule has 10 heavy (non-hydrogen) atoms. The molecule has 0 bridgehead atoms. The van der Waals surface area contributed by atoms with Crippen LogP contribution in [0.1, 0.15) is 33.6 Å². The largest absolute Gasteiger partial charge is 0.251 e. The van der Waals surface area contributed by atoms with Gasteiger partial charge in [0.1, 0.15) is 0 Å². The first kappa shape index (κ1) is 10.3. The molecule has 0 spiro atoms. The zero-order chi connectivity index (χ0) is 7.82. The predicted molar refractivity (Wildman–Crippen MR) is 50.3 cm³/mol. The molecule has 0 unspecified atom stereocenters. The van der Waals surface area contributed by atoms with Gasteiger partial charge in [-0.05, 0) is 12.8 Å².